The Morgan fingerprint density at radius 2 is 1.70 bits per heavy atom. The molecule has 1 saturated heterocycles. The number of phenolic OH excluding ortho intramolecular Hbond substituents is 1. The van der Waals surface area contributed by atoms with Gasteiger partial charge in [-0.3, -0.25) is 4.90 Å². The molecule has 0 aliphatic carbocycles. The minimum Gasteiger partial charge on any atom is -0.504 e. The number of phenols is 1. The Balaban J connectivity index is 1.32. The van der Waals surface area contributed by atoms with Crippen LogP contribution in [0.4, 0.5) is 0 Å². The van der Waals surface area contributed by atoms with Gasteiger partial charge >= 0.3 is 0 Å². The van der Waals surface area contributed by atoms with Crippen molar-refractivity contribution in [2.75, 3.05) is 13.1 Å². The Labute approximate surface area is 198 Å². The Morgan fingerprint density at radius 1 is 0.848 bits per heavy atom. The van der Waals surface area contributed by atoms with Crippen molar-refractivity contribution in [2.45, 2.75) is 25.3 Å². The zero-order valence-corrected chi connectivity index (χ0v) is 19.3. The van der Waals surface area contributed by atoms with Gasteiger partial charge in [-0.1, -0.05) is 60.7 Å². The molecule has 1 fully saturated rings. The van der Waals surface area contributed by atoms with Gasteiger partial charge in [0.15, 0.2) is 11.5 Å². The van der Waals surface area contributed by atoms with Gasteiger partial charge in [0.25, 0.3) is 0 Å². The third-order valence-electron chi connectivity index (χ3n) is 7.09. The fourth-order valence-corrected chi connectivity index (χ4v) is 6.19. The van der Waals surface area contributed by atoms with E-state index in [-0.39, 0.29) is 11.7 Å². The second kappa shape index (κ2) is 8.69. The number of hydrogen-bond donors (Lipinski definition) is 1. The van der Waals surface area contributed by atoms with Crippen LogP contribution >= 0.6 is 11.3 Å². The number of ether oxygens (including phenoxy) is 1. The zero-order valence-electron chi connectivity index (χ0n) is 18.5. The normalized spacial score (nSPS) is 18.4. The molecule has 0 spiro atoms. The van der Waals surface area contributed by atoms with Crippen LogP contribution in [0.1, 0.15) is 34.8 Å². The molecule has 3 aromatic carbocycles. The molecule has 2 aliphatic rings. The standard InChI is InChI=1S/C29H27NO2S/c31-26-10-4-9-25-28(21-13-15-30(16-14-21)19-23-8-5-17-33-23)24-12-11-22(18-27(24)32-29(25)26)20-6-2-1-3-7-20/h1-12,17-18,21,28,31H,13-16,19H2. The summed E-state index contributed by atoms with van der Waals surface area (Å²) in [5.41, 5.74) is 4.67. The first-order valence-electron chi connectivity index (χ1n) is 11.7. The van der Waals surface area contributed by atoms with E-state index in [0.29, 0.717) is 11.7 Å². The number of aromatic hydroxyl groups is 1. The Morgan fingerprint density at radius 3 is 2.48 bits per heavy atom. The quantitative estimate of drug-likeness (QED) is 0.353. The number of thiophene rings is 1. The van der Waals surface area contributed by atoms with Crippen molar-refractivity contribution >= 4 is 11.3 Å². The van der Waals surface area contributed by atoms with E-state index in [0.717, 1.165) is 49.4 Å². The average molecular weight is 454 g/mol. The molecular formula is C29H27NO2S. The zero-order chi connectivity index (χ0) is 22.2. The number of piperidine rings is 1. The maximum absolute atomic E-state index is 10.6. The van der Waals surface area contributed by atoms with Crippen LogP contribution in [0.15, 0.2) is 84.2 Å². The molecule has 1 N–H and O–H groups in total. The van der Waals surface area contributed by atoms with Gasteiger partial charge in [-0.25, -0.2) is 0 Å². The largest absolute Gasteiger partial charge is 0.504 e. The maximum atomic E-state index is 10.6. The molecule has 33 heavy (non-hydrogen) atoms. The summed E-state index contributed by atoms with van der Waals surface area (Å²) >= 11 is 1.84. The predicted molar refractivity (Wildman–Crippen MR) is 134 cm³/mol. The van der Waals surface area contributed by atoms with Crippen LogP contribution in [0.25, 0.3) is 11.1 Å². The van der Waals surface area contributed by atoms with E-state index in [9.17, 15) is 5.11 Å². The molecule has 4 heteroatoms. The fraction of sp³-hybridized carbons (Fsp3) is 0.241. The van der Waals surface area contributed by atoms with Crippen LogP contribution in [-0.2, 0) is 6.54 Å². The lowest BCUT2D eigenvalue weighted by atomic mass is 9.74. The van der Waals surface area contributed by atoms with E-state index in [4.69, 9.17) is 4.74 Å². The molecule has 0 amide bonds. The summed E-state index contributed by atoms with van der Waals surface area (Å²) in [4.78, 5) is 4.01. The highest BCUT2D eigenvalue weighted by Crippen LogP contribution is 2.53. The van der Waals surface area contributed by atoms with E-state index < -0.39 is 0 Å². The van der Waals surface area contributed by atoms with E-state index in [2.05, 4.69) is 70.9 Å². The van der Waals surface area contributed by atoms with Crippen LogP contribution in [0, 0.1) is 5.92 Å². The van der Waals surface area contributed by atoms with E-state index in [1.165, 1.54) is 16.0 Å². The Kier molecular flexibility index (Phi) is 5.41. The number of para-hydroxylation sites is 1. The predicted octanol–water partition coefficient (Wildman–Crippen LogP) is 7.27. The van der Waals surface area contributed by atoms with Crippen molar-refractivity contribution in [3.63, 3.8) is 0 Å². The topological polar surface area (TPSA) is 32.7 Å². The van der Waals surface area contributed by atoms with Crippen molar-refractivity contribution in [1.29, 1.82) is 0 Å². The van der Waals surface area contributed by atoms with Crippen molar-refractivity contribution in [3.8, 4) is 28.4 Å². The van der Waals surface area contributed by atoms with Crippen molar-refractivity contribution in [3.05, 3.63) is 100 Å². The number of benzene rings is 3. The number of hydrogen-bond acceptors (Lipinski definition) is 4. The Hall–Kier alpha value is -3.08. The highest BCUT2D eigenvalue weighted by molar-refractivity contribution is 7.09. The molecule has 4 aromatic rings. The van der Waals surface area contributed by atoms with Crippen LogP contribution in [-0.4, -0.2) is 23.1 Å². The van der Waals surface area contributed by atoms with Gasteiger partial charge in [0.2, 0.25) is 0 Å². The minimum absolute atomic E-state index is 0.225. The van der Waals surface area contributed by atoms with Crippen LogP contribution in [0.2, 0.25) is 0 Å². The number of likely N-dealkylation sites (tertiary alicyclic amines) is 1. The molecule has 2 aliphatic heterocycles. The lowest BCUT2D eigenvalue weighted by molar-refractivity contribution is 0.167. The summed E-state index contributed by atoms with van der Waals surface area (Å²) < 4.78 is 6.32. The minimum atomic E-state index is 0.225. The van der Waals surface area contributed by atoms with E-state index in [1.54, 1.807) is 6.07 Å². The smallest absolute Gasteiger partial charge is 0.172 e. The second-order valence-electron chi connectivity index (χ2n) is 9.09. The van der Waals surface area contributed by atoms with E-state index >= 15 is 0 Å². The van der Waals surface area contributed by atoms with Gasteiger partial charge in [-0.05, 0) is 66.6 Å². The van der Waals surface area contributed by atoms with Crippen LogP contribution in [0.5, 0.6) is 17.2 Å². The highest BCUT2D eigenvalue weighted by Gasteiger charge is 2.36. The summed E-state index contributed by atoms with van der Waals surface area (Å²) in [7, 11) is 0. The van der Waals surface area contributed by atoms with Crippen molar-refractivity contribution in [1.82, 2.24) is 4.90 Å². The fourth-order valence-electron chi connectivity index (χ4n) is 5.44. The van der Waals surface area contributed by atoms with Gasteiger partial charge in [0.1, 0.15) is 5.75 Å². The maximum Gasteiger partial charge on any atom is 0.172 e. The highest BCUT2D eigenvalue weighted by atomic mass is 32.1. The van der Waals surface area contributed by atoms with Crippen LogP contribution < -0.4 is 4.74 Å². The van der Waals surface area contributed by atoms with Gasteiger partial charge in [0.05, 0.1) is 0 Å². The molecule has 6 rings (SSSR count). The van der Waals surface area contributed by atoms with Crippen LogP contribution in [0.3, 0.4) is 0 Å². The number of rotatable bonds is 4. The average Bonchev–Trinajstić information content (AvgIpc) is 3.37. The molecule has 0 bridgehead atoms. The number of fused-ring (bicyclic) bond motifs is 2. The van der Waals surface area contributed by atoms with Gasteiger partial charge < -0.3 is 9.84 Å². The third kappa shape index (κ3) is 3.94. The first-order valence-corrected chi connectivity index (χ1v) is 12.6. The molecule has 0 radical (unpaired) electrons. The molecule has 1 unspecified atom stereocenters. The summed E-state index contributed by atoms with van der Waals surface area (Å²) in [6.45, 7) is 3.25. The molecule has 0 saturated carbocycles. The lowest BCUT2D eigenvalue weighted by Gasteiger charge is -2.39. The Bertz CT molecular complexity index is 1240. The monoisotopic (exact) mass is 453 g/mol. The molecular weight excluding hydrogens is 426 g/mol. The molecule has 1 aromatic heterocycles. The molecule has 166 valence electrons. The third-order valence-corrected chi connectivity index (χ3v) is 7.95. The summed E-state index contributed by atoms with van der Waals surface area (Å²) in [5.74, 6) is 2.49. The lowest BCUT2D eigenvalue weighted by Crippen LogP contribution is -2.35. The summed E-state index contributed by atoms with van der Waals surface area (Å²) in [6.07, 6.45) is 2.29. The van der Waals surface area contributed by atoms with Crippen molar-refractivity contribution < 1.29 is 9.84 Å². The summed E-state index contributed by atoms with van der Waals surface area (Å²) in [5, 5.41) is 12.8. The van der Waals surface area contributed by atoms with Gasteiger partial charge in [-0.2, -0.15) is 0 Å². The molecule has 3 nitrogen and oxygen atoms in total. The molecule has 1 atom stereocenters. The SMILES string of the molecule is Oc1cccc2c1Oc1cc(-c3ccccc3)ccc1C2C1CCN(Cc2cccs2)CC1. The van der Waals surface area contributed by atoms with Gasteiger partial charge in [0, 0.05) is 28.5 Å². The van der Waals surface area contributed by atoms with Gasteiger partial charge in [-0.15, -0.1) is 11.3 Å². The summed E-state index contributed by atoms with van der Waals surface area (Å²) in [6, 6.07) is 27.2. The second-order valence-corrected chi connectivity index (χ2v) is 10.1. The number of nitrogens with zero attached hydrogens (tertiary/aromatic N) is 1. The first kappa shape index (κ1) is 20.5. The van der Waals surface area contributed by atoms with E-state index in [1.807, 2.05) is 23.5 Å². The molecule has 3 heterocycles. The first-order chi connectivity index (χ1) is 16.3. The van der Waals surface area contributed by atoms with Crippen molar-refractivity contribution in [2.24, 2.45) is 5.92 Å².